The van der Waals surface area contributed by atoms with Crippen LogP contribution in [0.2, 0.25) is 5.02 Å². The molecule has 2 rings (SSSR count). The smallest absolute Gasteiger partial charge is 0.325 e. The predicted molar refractivity (Wildman–Crippen MR) is 83.6 cm³/mol. The number of nitrogens with zero attached hydrogens (tertiary/aromatic N) is 1. The minimum Gasteiger partial charge on any atom is -0.480 e. The zero-order valence-electron chi connectivity index (χ0n) is 11.9. The van der Waals surface area contributed by atoms with Gasteiger partial charge < -0.3 is 5.11 Å². The SMILES string of the molecule is CC1CN(C(C(=O)O)c2ccc(Cl)cc2)C(C)C1C.Cl. The second kappa shape index (κ2) is 6.79. The molecule has 112 valence electrons. The number of aliphatic carboxylic acids is 1. The predicted octanol–water partition coefficient (Wildman–Crippen LogP) is 3.86. The molecule has 0 aromatic heterocycles. The van der Waals surface area contributed by atoms with Gasteiger partial charge in [-0.1, -0.05) is 37.6 Å². The zero-order valence-corrected chi connectivity index (χ0v) is 13.5. The first-order valence-corrected chi connectivity index (χ1v) is 7.03. The summed E-state index contributed by atoms with van der Waals surface area (Å²) in [6.07, 6.45) is 0. The summed E-state index contributed by atoms with van der Waals surface area (Å²) in [5, 5.41) is 10.2. The molecule has 1 fully saturated rings. The second-order valence-corrected chi connectivity index (χ2v) is 6.00. The molecule has 0 aliphatic carbocycles. The van der Waals surface area contributed by atoms with Crippen molar-refractivity contribution in [1.29, 1.82) is 0 Å². The summed E-state index contributed by atoms with van der Waals surface area (Å²) >= 11 is 5.87. The summed E-state index contributed by atoms with van der Waals surface area (Å²) in [5.41, 5.74) is 0.796. The maximum Gasteiger partial charge on any atom is 0.325 e. The highest BCUT2D eigenvalue weighted by molar-refractivity contribution is 6.30. The molecule has 1 aliphatic heterocycles. The summed E-state index contributed by atoms with van der Waals surface area (Å²) in [4.78, 5) is 13.7. The van der Waals surface area contributed by atoms with Crippen LogP contribution in [0.3, 0.4) is 0 Å². The highest BCUT2D eigenvalue weighted by atomic mass is 35.5. The van der Waals surface area contributed by atoms with Gasteiger partial charge in [-0.15, -0.1) is 12.4 Å². The Morgan fingerprint density at radius 3 is 2.25 bits per heavy atom. The molecule has 5 heteroatoms. The van der Waals surface area contributed by atoms with Crippen molar-refractivity contribution in [2.75, 3.05) is 6.54 Å². The van der Waals surface area contributed by atoms with E-state index in [4.69, 9.17) is 11.6 Å². The highest BCUT2D eigenvalue weighted by Gasteiger charge is 2.40. The average Bonchev–Trinajstić information content (AvgIpc) is 2.60. The Balaban J connectivity index is 0.00000200. The molecule has 0 amide bonds. The van der Waals surface area contributed by atoms with Gasteiger partial charge in [0.05, 0.1) is 0 Å². The summed E-state index contributed by atoms with van der Waals surface area (Å²) in [6, 6.07) is 6.80. The Labute approximate surface area is 131 Å². The fourth-order valence-electron chi connectivity index (χ4n) is 2.90. The molecule has 4 atom stereocenters. The van der Waals surface area contributed by atoms with E-state index in [2.05, 4.69) is 25.7 Å². The maximum absolute atomic E-state index is 11.7. The van der Waals surface area contributed by atoms with E-state index in [0.717, 1.165) is 12.1 Å². The lowest BCUT2D eigenvalue weighted by molar-refractivity contribution is -0.144. The van der Waals surface area contributed by atoms with E-state index in [1.54, 1.807) is 12.1 Å². The first-order chi connectivity index (χ1) is 8.91. The standard InChI is InChI=1S/C15H20ClNO2.ClH/c1-9-8-17(11(3)10(9)2)14(15(18)19)12-4-6-13(16)7-5-12;/h4-7,9-11,14H,8H2,1-3H3,(H,18,19);1H. The van der Waals surface area contributed by atoms with Crippen LogP contribution in [0.4, 0.5) is 0 Å². The summed E-state index contributed by atoms with van der Waals surface area (Å²) in [5.74, 6) is 0.230. The number of likely N-dealkylation sites (tertiary alicyclic amines) is 1. The third kappa shape index (κ3) is 3.27. The molecular formula is C15H21Cl2NO2. The minimum atomic E-state index is -0.796. The number of carbonyl (C=O) groups is 1. The number of halogens is 2. The van der Waals surface area contributed by atoms with E-state index in [9.17, 15) is 9.90 Å². The van der Waals surface area contributed by atoms with Gasteiger partial charge in [0.25, 0.3) is 0 Å². The Bertz CT molecular complexity index is 463. The fourth-order valence-corrected chi connectivity index (χ4v) is 3.03. The fraction of sp³-hybridized carbons (Fsp3) is 0.533. The lowest BCUT2D eigenvalue weighted by Gasteiger charge is -2.29. The zero-order chi connectivity index (χ0) is 14.2. The Kier molecular flexibility index (Phi) is 5.87. The number of hydrogen-bond acceptors (Lipinski definition) is 2. The van der Waals surface area contributed by atoms with Crippen LogP contribution in [0.1, 0.15) is 32.4 Å². The molecule has 1 aliphatic rings. The molecule has 0 radical (unpaired) electrons. The third-order valence-corrected chi connectivity index (χ3v) is 4.68. The normalized spacial score (nSPS) is 27.9. The maximum atomic E-state index is 11.7. The molecule has 20 heavy (non-hydrogen) atoms. The topological polar surface area (TPSA) is 40.5 Å². The molecule has 1 heterocycles. The number of rotatable bonds is 3. The average molecular weight is 318 g/mol. The van der Waals surface area contributed by atoms with Crippen LogP contribution in [0.15, 0.2) is 24.3 Å². The molecule has 0 bridgehead atoms. The molecule has 1 aromatic carbocycles. The summed E-state index contributed by atoms with van der Waals surface area (Å²) in [7, 11) is 0. The highest BCUT2D eigenvalue weighted by Crippen LogP contribution is 2.36. The minimum absolute atomic E-state index is 0. The van der Waals surface area contributed by atoms with Gasteiger partial charge in [-0.2, -0.15) is 0 Å². The van der Waals surface area contributed by atoms with Crippen molar-refractivity contribution >= 4 is 30.0 Å². The molecule has 4 unspecified atom stereocenters. The van der Waals surface area contributed by atoms with Crippen LogP contribution in [-0.4, -0.2) is 28.6 Å². The van der Waals surface area contributed by atoms with E-state index < -0.39 is 12.0 Å². The summed E-state index contributed by atoms with van der Waals surface area (Å²) < 4.78 is 0. The van der Waals surface area contributed by atoms with Gasteiger partial charge in [-0.3, -0.25) is 9.69 Å². The Hall–Kier alpha value is -0.770. The number of benzene rings is 1. The third-order valence-electron chi connectivity index (χ3n) is 4.43. The van der Waals surface area contributed by atoms with E-state index >= 15 is 0 Å². The van der Waals surface area contributed by atoms with Crippen molar-refractivity contribution in [2.45, 2.75) is 32.9 Å². The largest absolute Gasteiger partial charge is 0.480 e. The molecule has 1 aromatic rings. The van der Waals surface area contributed by atoms with E-state index in [1.807, 2.05) is 12.1 Å². The van der Waals surface area contributed by atoms with E-state index in [1.165, 1.54) is 0 Å². The molecule has 0 saturated carbocycles. The second-order valence-electron chi connectivity index (χ2n) is 5.57. The van der Waals surface area contributed by atoms with Gasteiger partial charge in [0.15, 0.2) is 0 Å². The molecule has 1 N–H and O–H groups in total. The first kappa shape index (κ1) is 17.3. The van der Waals surface area contributed by atoms with E-state index in [-0.39, 0.29) is 18.4 Å². The van der Waals surface area contributed by atoms with Crippen molar-refractivity contribution in [3.8, 4) is 0 Å². The number of carboxylic acid groups (broad SMARTS) is 1. The first-order valence-electron chi connectivity index (χ1n) is 6.66. The van der Waals surface area contributed by atoms with Crippen molar-refractivity contribution in [3.05, 3.63) is 34.9 Å². The number of hydrogen-bond donors (Lipinski definition) is 1. The quantitative estimate of drug-likeness (QED) is 0.920. The van der Waals surface area contributed by atoms with Crippen molar-refractivity contribution < 1.29 is 9.90 Å². The van der Waals surface area contributed by atoms with Crippen LogP contribution < -0.4 is 0 Å². The van der Waals surface area contributed by atoms with Crippen LogP contribution in [0.5, 0.6) is 0 Å². The van der Waals surface area contributed by atoms with Crippen LogP contribution >= 0.6 is 24.0 Å². The van der Waals surface area contributed by atoms with Gasteiger partial charge >= 0.3 is 5.97 Å². The van der Waals surface area contributed by atoms with Crippen LogP contribution in [0.25, 0.3) is 0 Å². The monoisotopic (exact) mass is 317 g/mol. The van der Waals surface area contributed by atoms with Crippen LogP contribution in [0, 0.1) is 11.8 Å². The lowest BCUT2D eigenvalue weighted by atomic mass is 9.95. The summed E-state index contributed by atoms with van der Waals surface area (Å²) in [6.45, 7) is 7.31. The Morgan fingerprint density at radius 2 is 1.85 bits per heavy atom. The number of carboxylic acids is 1. The van der Waals surface area contributed by atoms with Crippen molar-refractivity contribution in [2.24, 2.45) is 11.8 Å². The van der Waals surface area contributed by atoms with Gasteiger partial charge in [0.2, 0.25) is 0 Å². The van der Waals surface area contributed by atoms with Crippen LogP contribution in [-0.2, 0) is 4.79 Å². The van der Waals surface area contributed by atoms with Gasteiger partial charge in [0, 0.05) is 17.6 Å². The molecule has 0 spiro atoms. The molecule has 3 nitrogen and oxygen atoms in total. The van der Waals surface area contributed by atoms with Gasteiger partial charge in [0.1, 0.15) is 6.04 Å². The lowest BCUT2D eigenvalue weighted by Crippen LogP contribution is -2.37. The Morgan fingerprint density at radius 1 is 1.30 bits per heavy atom. The van der Waals surface area contributed by atoms with Crippen molar-refractivity contribution in [3.63, 3.8) is 0 Å². The van der Waals surface area contributed by atoms with Gasteiger partial charge in [-0.25, -0.2) is 0 Å². The van der Waals surface area contributed by atoms with Gasteiger partial charge in [-0.05, 0) is 36.5 Å². The molecular weight excluding hydrogens is 297 g/mol. The van der Waals surface area contributed by atoms with E-state index in [0.29, 0.717) is 16.9 Å². The molecule has 1 saturated heterocycles. The van der Waals surface area contributed by atoms with Crippen molar-refractivity contribution in [1.82, 2.24) is 4.90 Å².